The van der Waals surface area contributed by atoms with E-state index < -0.39 is 0 Å². The van der Waals surface area contributed by atoms with Gasteiger partial charge < -0.3 is 5.32 Å². The van der Waals surface area contributed by atoms with E-state index in [1.165, 1.54) is 0 Å². The molecule has 1 heteroatoms. The van der Waals surface area contributed by atoms with Crippen LogP contribution in [-0.2, 0) is 0 Å². The van der Waals surface area contributed by atoms with Gasteiger partial charge in [0.1, 0.15) is 0 Å². The van der Waals surface area contributed by atoms with Crippen LogP contribution >= 0.6 is 0 Å². The van der Waals surface area contributed by atoms with Crippen LogP contribution in [0.4, 0.5) is 5.69 Å². The molecule has 0 aliphatic carbocycles. The van der Waals surface area contributed by atoms with Gasteiger partial charge in [0.2, 0.25) is 0 Å². The molecule has 0 spiro atoms. The van der Waals surface area contributed by atoms with Crippen LogP contribution in [0.1, 0.15) is 18.1 Å². The number of hydrogen-bond donors (Lipinski definition) is 1. The molecule has 0 unspecified atom stereocenters. The van der Waals surface area contributed by atoms with Crippen molar-refractivity contribution in [1.29, 1.82) is 0 Å². The van der Waals surface area contributed by atoms with Crippen LogP contribution < -0.4 is 5.32 Å². The number of nitrogens with one attached hydrogen (secondary N) is 1. The first kappa shape index (κ1) is 9.59. The Bertz CT molecular complexity index is 337. The molecule has 0 heterocycles. The van der Waals surface area contributed by atoms with Crippen molar-refractivity contribution in [3.8, 4) is 0 Å². The summed E-state index contributed by atoms with van der Waals surface area (Å²) < 4.78 is 0. The van der Waals surface area contributed by atoms with E-state index in [1.807, 2.05) is 32.2 Å². The second-order valence-electron chi connectivity index (χ2n) is 3.00. The average Bonchev–Trinajstić information content (AvgIpc) is 2.16. The molecule has 0 atom stereocenters. The zero-order valence-electron chi connectivity index (χ0n) is 8.22. The van der Waals surface area contributed by atoms with Gasteiger partial charge in [0.05, 0.1) is 0 Å². The number of rotatable bonds is 3. The van der Waals surface area contributed by atoms with Crippen molar-refractivity contribution in [3.63, 3.8) is 0 Å². The van der Waals surface area contributed by atoms with Crippen molar-refractivity contribution in [2.75, 3.05) is 12.4 Å². The minimum absolute atomic E-state index is 1.06. The van der Waals surface area contributed by atoms with Crippen molar-refractivity contribution < 1.29 is 0 Å². The van der Waals surface area contributed by atoms with Crippen molar-refractivity contribution in [2.45, 2.75) is 6.92 Å². The van der Waals surface area contributed by atoms with Gasteiger partial charge >= 0.3 is 0 Å². The number of benzene rings is 1. The fourth-order valence-corrected chi connectivity index (χ4v) is 1.38. The summed E-state index contributed by atoms with van der Waals surface area (Å²) in [7, 11) is 1.91. The molecule has 68 valence electrons. The summed E-state index contributed by atoms with van der Waals surface area (Å²) in [4.78, 5) is 0. The third-order valence-electron chi connectivity index (χ3n) is 2.04. The fraction of sp³-hybridized carbons (Fsp3) is 0.167. The Labute approximate surface area is 79.8 Å². The summed E-state index contributed by atoms with van der Waals surface area (Å²) in [6, 6.07) is 6.10. The van der Waals surface area contributed by atoms with Crippen molar-refractivity contribution in [3.05, 3.63) is 42.5 Å². The zero-order valence-corrected chi connectivity index (χ0v) is 8.22. The third-order valence-corrected chi connectivity index (χ3v) is 2.04. The normalized spacial score (nSPS) is 9.38. The first-order valence-electron chi connectivity index (χ1n) is 4.29. The first-order chi connectivity index (χ1) is 6.20. The minimum atomic E-state index is 1.06. The molecule has 1 rings (SSSR count). The smallest absolute Gasteiger partial charge is 0.0417 e. The quantitative estimate of drug-likeness (QED) is 0.738. The molecule has 0 saturated heterocycles. The lowest BCUT2D eigenvalue weighted by Gasteiger charge is -2.10. The summed E-state index contributed by atoms with van der Waals surface area (Å²) in [5, 5.41) is 3.13. The molecule has 1 aromatic carbocycles. The van der Waals surface area contributed by atoms with Crippen LogP contribution in [0.2, 0.25) is 0 Å². The van der Waals surface area contributed by atoms with E-state index in [2.05, 4.69) is 24.5 Å². The molecule has 1 N–H and O–H groups in total. The second kappa shape index (κ2) is 3.94. The van der Waals surface area contributed by atoms with Gasteiger partial charge in [0, 0.05) is 18.3 Å². The molecule has 1 nitrogen and oxygen atoms in total. The van der Waals surface area contributed by atoms with Crippen LogP contribution in [0.5, 0.6) is 0 Å². The van der Waals surface area contributed by atoms with Gasteiger partial charge in [-0.25, -0.2) is 0 Å². The van der Waals surface area contributed by atoms with Crippen molar-refractivity contribution in [1.82, 2.24) is 0 Å². The van der Waals surface area contributed by atoms with E-state index in [0.717, 1.165) is 22.4 Å². The van der Waals surface area contributed by atoms with Gasteiger partial charge in [0.15, 0.2) is 0 Å². The van der Waals surface area contributed by atoms with Gasteiger partial charge in [0.25, 0.3) is 0 Å². The second-order valence-corrected chi connectivity index (χ2v) is 3.00. The van der Waals surface area contributed by atoms with Crippen molar-refractivity contribution in [2.24, 2.45) is 0 Å². The van der Waals surface area contributed by atoms with Gasteiger partial charge in [-0.2, -0.15) is 0 Å². The maximum atomic E-state index is 3.93. The molecule has 0 radical (unpaired) electrons. The van der Waals surface area contributed by atoms with E-state index in [9.17, 15) is 0 Å². The standard InChI is InChI=1S/C12H15N/c1-5-10-11(9(2)3)7-6-8-12(10)13-4/h5-8,13H,1-2H2,3-4H3. The van der Waals surface area contributed by atoms with Gasteiger partial charge in [-0.05, 0) is 18.6 Å². The number of hydrogen-bond acceptors (Lipinski definition) is 1. The number of allylic oxidation sites excluding steroid dienone is 1. The van der Waals surface area contributed by atoms with E-state index in [1.54, 1.807) is 0 Å². The minimum Gasteiger partial charge on any atom is -0.388 e. The fourth-order valence-electron chi connectivity index (χ4n) is 1.38. The SMILES string of the molecule is C=Cc1c(NC)cccc1C(=C)C. The maximum Gasteiger partial charge on any atom is 0.0417 e. The molecule has 0 aromatic heterocycles. The molecule has 1 aromatic rings. The van der Waals surface area contributed by atoms with E-state index in [-0.39, 0.29) is 0 Å². The molecule has 0 bridgehead atoms. The predicted octanol–water partition coefficient (Wildman–Crippen LogP) is 3.40. The van der Waals surface area contributed by atoms with Gasteiger partial charge in [-0.3, -0.25) is 0 Å². The summed E-state index contributed by atoms with van der Waals surface area (Å²) in [5.41, 5.74) is 4.43. The van der Waals surface area contributed by atoms with Gasteiger partial charge in [-0.15, -0.1) is 0 Å². The summed E-state index contributed by atoms with van der Waals surface area (Å²) in [6.45, 7) is 9.74. The third kappa shape index (κ3) is 1.81. The first-order valence-corrected chi connectivity index (χ1v) is 4.29. The van der Waals surface area contributed by atoms with Crippen LogP contribution in [0.15, 0.2) is 31.4 Å². The van der Waals surface area contributed by atoms with Crippen molar-refractivity contribution >= 4 is 17.3 Å². The molecule has 0 amide bonds. The molecule has 0 saturated carbocycles. The lowest BCUT2D eigenvalue weighted by molar-refractivity contribution is 1.46. The van der Waals surface area contributed by atoms with Crippen LogP contribution in [0, 0.1) is 0 Å². The summed E-state index contributed by atoms with van der Waals surface area (Å²) >= 11 is 0. The Morgan fingerprint density at radius 3 is 2.62 bits per heavy atom. The van der Waals surface area contributed by atoms with Crippen LogP contribution in [-0.4, -0.2) is 7.05 Å². The monoisotopic (exact) mass is 173 g/mol. The van der Waals surface area contributed by atoms with Gasteiger partial charge in [-0.1, -0.05) is 36.9 Å². The summed E-state index contributed by atoms with van der Waals surface area (Å²) in [6.07, 6.45) is 1.86. The maximum absolute atomic E-state index is 3.93. The average molecular weight is 173 g/mol. The predicted molar refractivity (Wildman–Crippen MR) is 60.8 cm³/mol. The lowest BCUT2D eigenvalue weighted by Crippen LogP contribution is -1.94. The lowest BCUT2D eigenvalue weighted by atomic mass is 10.0. The Hall–Kier alpha value is -1.50. The molecular weight excluding hydrogens is 158 g/mol. The van der Waals surface area contributed by atoms with E-state index in [4.69, 9.17) is 0 Å². The topological polar surface area (TPSA) is 12.0 Å². The Kier molecular flexibility index (Phi) is 2.91. The largest absolute Gasteiger partial charge is 0.388 e. The Balaban J connectivity index is 3.35. The molecule has 13 heavy (non-hydrogen) atoms. The highest BCUT2D eigenvalue weighted by atomic mass is 14.8. The molecule has 0 aliphatic heterocycles. The highest BCUT2D eigenvalue weighted by Gasteiger charge is 2.03. The molecular formula is C12H15N. The number of anilines is 1. The van der Waals surface area contributed by atoms with Crippen LogP contribution in [0.3, 0.4) is 0 Å². The highest BCUT2D eigenvalue weighted by Crippen LogP contribution is 2.25. The Morgan fingerprint density at radius 2 is 2.15 bits per heavy atom. The zero-order chi connectivity index (χ0) is 9.84. The molecule has 0 aliphatic rings. The Morgan fingerprint density at radius 1 is 1.46 bits per heavy atom. The highest BCUT2D eigenvalue weighted by molar-refractivity contribution is 5.79. The summed E-state index contributed by atoms with van der Waals surface area (Å²) in [5.74, 6) is 0. The molecule has 0 fully saturated rings. The van der Waals surface area contributed by atoms with Crippen LogP contribution in [0.25, 0.3) is 11.6 Å². The van der Waals surface area contributed by atoms with E-state index >= 15 is 0 Å². The van der Waals surface area contributed by atoms with E-state index in [0.29, 0.717) is 0 Å².